The van der Waals surface area contributed by atoms with Gasteiger partial charge in [0.1, 0.15) is 5.88 Å². The molecule has 0 N–H and O–H groups in total. The van der Waals surface area contributed by atoms with Crippen molar-refractivity contribution in [3.05, 3.63) is 60.2 Å². The highest BCUT2D eigenvalue weighted by molar-refractivity contribution is 7.99. The molecule has 1 unspecified atom stereocenters. The number of anilines is 1. The number of para-hydroxylation sites is 1. The van der Waals surface area contributed by atoms with Gasteiger partial charge in [0.25, 0.3) is 0 Å². The summed E-state index contributed by atoms with van der Waals surface area (Å²) in [7, 11) is 0. The first kappa shape index (κ1) is 14.5. The van der Waals surface area contributed by atoms with E-state index in [1.54, 1.807) is 11.8 Å². The first-order valence-electron chi connectivity index (χ1n) is 6.96. The predicted octanol–water partition coefficient (Wildman–Crippen LogP) is 4.50. The van der Waals surface area contributed by atoms with E-state index in [2.05, 4.69) is 18.2 Å². The summed E-state index contributed by atoms with van der Waals surface area (Å²) >= 11 is 7.66. The molecule has 2 aromatic rings. The Balaban J connectivity index is 2.09. The van der Waals surface area contributed by atoms with Gasteiger partial charge < -0.3 is 4.90 Å². The third-order valence-electron chi connectivity index (χ3n) is 3.65. The van der Waals surface area contributed by atoms with Crippen molar-refractivity contribution < 1.29 is 4.79 Å². The minimum absolute atomic E-state index is 0.00232. The molecule has 108 valence electrons. The fraction of sp³-hybridized carbons (Fsp3) is 0.235. The summed E-state index contributed by atoms with van der Waals surface area (Å²) in [6.07, 6.45) is 0.923. The van der Waals surface area contributed by atoms with E-state index >= 15 is 0 Å². The molecule has 0 aliphatic carbocycles. The van der Waals surface area contributed by atoms with Gasteiger partial charge in [-0.15, -0.1) is 23.4 Å². The van der Waals surface area contributed by atoms with Gasteiger partial charge in [-0.3, -0.25) is 4.79 Å². The fourth-order valence-electron chi connectivity index (χ4n) is 2.72. The van der Waals surface area contributed by atoms with E-state index in [1.165, 1.54) is 0 Å². The Morgan fingerprint density at radius 3 is 2.62 bits per heavy atom. The van der Waals surface area contributed by atoms with E-state index in [9.17, 15) is 4.79 Å². The number of hydrogen-bond donors (Lipinski definition) is 0. The minimum atomic E-state index is -0.0412. The third-order valence-corrected chi connectivity index (χ3v) is 4.98. The molecule has 0 saturated heterocycles. The summed E-state index contributed by atoms with van der Waals surface area (Å²) in [6, 6.07) is 18.3. The predicted molar refractivity (Wildman–Crippen MR) is 89.2 cm³/mol. The second-order valence-corrected chi connectivity index (χ2v) is 6.33. The first-order valence-corrected chi connectivity index (χ1v) is 8.48. The van der Waals surface area contributed by atoms with Gasteiger partial charge >= 0.3 is 0 Å². The molecule has 3 rings (SSSR count). The van der Waals surface area contributed by atoms with Crippen molar-refractivity contribution in [3.63, 3.8) is 0 Å². The van der Waals surface area contributed by atoms with Crippen LogP contribution in [0.25, 0.3) is 0 Å². The van der Waals surface area contributed by atoms with Gasteiger partial charge in [-0.25, -0.2) is 0 Å². The minimum Gasteiger partial charge on any atom is -0.303 e. The Morgan fingerprint density at radius 1 is 1.14 bits per heavy atom. The molecule has 1 amide bonds. The number of rotatable bonds is 2. The highest BCUT2D eigenvalue weighted by Crippen LogP contribution is 2.41. The highest BCUT2D eigenvalue weighted by Gasteiger charge is 2.29. The average molecular weight is 318 g/mol. The van der Waals surface area contributed by atoms with E-state index < -0.39 is 0 Å². The van der Waals surface area contributed by atoms with Crippen LogP contribution in [0.4, 0.5) is 5.69 Å². The molecule has 1 aliphatic heterocycles. The molecule has 0 radical (unpaired) electrons. The van der Waals surface area contributed by atoms with E-state index in [1.807, 2.05) is 41.3 Å². The summed E-state index contributed by atoms with van der Waals surface area (Å²) < 4.78 is 0. The van der Waals surface area contributed by atoms with Crippen LogP contribution in [-0.4, -0.2) is 17.5 Å². The molecular formula is C17H16ClNOS. The third kappa shape index (κ3) is 2.94. The molecule has 1 aliphatic rings. The number of fused-ring (bicyclic) bond motifs is 1. The normalized spacial score (nSPS) is 18.0. The summed E-state index contributed by atoms with van der Waals surface area (Å²) in [5.74, 6) is 0.950. The Kier molecular flexibility index (Phi) is 4.51. The summed E-state index contributed by atoms with van der Waals surface area (Å²) in [5.41, 5.74) is 2.13. The quantitative estimate of drug-likeness (QED) is 0.760. The molecule has 0 fully saturated rings. The number of carbonyl (C=O) groups is 1. The van der Waals surface area contributed by atoms with Crippen LogP contribution in [-0.2, 0) is 4.79 Å². The van der Waals surface area contributed by atoms with Crippen molar-refractivity contribution in [3.8, 4) is 0 Å². The molecule has 21 heavy (non-hydrogen) atoms. The Labute approximate surface area is 134 Å². The molecule has 1 heterocycles. The van der Waals surface area contributed by atoms with Gasteiger partial charge in [-0.2, -0.15) is 0 Å². The number of nitrogens with zero attached hydrogens (tertiary/aromatic N) is 1. The SMILES string of the molecule is O=C(CCl)N1c2ccccc2SCCC1c1ccccc1. The Morgan fingerprint density at radius 2 is 1.86 bits per heavy atom. The Bertz CT molecular complexity index is 632. The summed E-state index contributed by atoms with van der Waals surface area (Å²) in [4.78, 5) is 15.5. The first-order chi connectivity index (χ1) is 10.3. The van der Waals surface area contributed by atoms with Gasteiger partial charge in [0, 0.05) is 10.6 Å². The zero-order chi connectivity index (χ0) is 14.7. The molecule has 2 nitrogen and oxygen atoms in total. The fourth-order valence-corrected chi connectivity index (χ4v) is 3.90. The zero-order valence-electron chi connectivity index (χ0n) is 11.5. The van der Waals surface area contributed by atoms with Crippen LogP contribution in [0, 0.1) is 0 Å². The van der Waals surface area contributed by atoms with E-state index in [-0.39, 0.29) is 17.8 Å². The van der Waals surface area contributed by atoms with Crippen LogP contribution >= 0.6 is 23.4 Å². The maximum atomic E-state index is 12.5. The van der Waals surface area contributed by atoms with E-state index in [4.69, 9.17) is 11.6 Å². The second-order valence-electron chi connectivity index (χ2n) is 4.93. The molecule has 0 bridgehead atoms. The lowest BCUT2D eigenvalue weighted by Crippen LogP contribution is -2.35. The number of alkyl halides is 1. The molecule has 0 aromatic heterocycles. The van der Waals surface area contributed by atoms with Crippen molar-refractivity contribution in [2.75, 3.05) is 16.5 Å². The smallest absolute Gasteiger partial charge is 0.242 e. The largest absolute Gasteiger partial charge is 0.303 e. The maximum Gasteiger partial charge on any atom is 0.242 e. The lowest BCUT2D eigenvalue weighted by Gasteiger charge is -2.31. The topological polar surface area (TPSA) is 20.3 Å². The molecule has 4 heteroatoms. The summed E-state index contributed by atoms with van der Waals surface area (Å²) in [5, 5.41) is 0. The van der Waals surface area contributed by atoms with E-state index in [0.29, 0.717) is 0 Å². The molecule has 2 aromatic carbocycles. The zero-order valence-corrected chi connectivity index (χ0v) is 13.1. The molecular weight excluding hydrogens is 302 g/mol. The van der Waals surface area contributed by atoms with Gasteiger partial charge in [-0.1, -0.05) is 42.5 Å². The van der Waals surface area contributed by atoms with Crippen LogP contribution in [0.3, 0.4) is 0 Å². The van der Waals surface area contributed by atoms with Gasteiger partial charge in [0.2, 0.25) is 5.91 Å². The number of benzene rings is 2. The monoisotopic (exact) mass is 317 g/mol. The number of thioether (sulfide) groups is 1. The van der Waals surface area contributed by atoms with Crippen LogP contribution in [0.15, 0.2) is 59.5 Å². The van der Waals surface area contributed by atoms with Gasteiger partial charge in [-0.05, 0) is 24.1 Å². The van der Waals surface area contributed by atoms with E-state index in [0.717, 1.165) is 28.3 Å². The maximum absolute atomic E-state index is 12.5. The van der Waals surface area contributed by atoms with Crippen LogP contribution in [0.2, 0.25) is 0 Å². The summed E-state index contributed by atoms with van der Waals surface area (Å²) in [6.45, 7) is 0. The van der Waals surface area contributed by atoms with Crippen LogP contribution in [0.1, 0.15) is 18.0 Å². The number of carbonyl (C=O) groups excluding carboxylic acids is 1. The molecule has 0 spiro atoms. The molecule has 0 saturated carbocycles. The molecule has 1 atom stereocenters. The van der Waals surface area contributed by atoms with Gasteiger partial charge in [0.15, 0.2) is 0 Å². The van der Waals surface area contributed by atoms with Gasteiger partial charge in [0.05, 0.1) is 11.7 Å². The number of hydrogen-bond acceptors (Lipinski definition) is 2. The standard InChI is InChI=1S/C17H16ClNOS/c18-12-17(20)19-14(13-6-2-1-3-7-13)10-11-21-16-9-5-4-8-15(16)19/h1-9,14H,10-12H2. The van der Waals surface area contributed by atoms with Crippen molar-refractivity contribution in [2.24, 2.45) is 0 Å². The Hall–Kier alpha value is -1.45. The van der Waals surface area contributed by atoms with Crippen LogP contribution < -0.4 is 4.90 Å². The number of amides is 1. The van der Waals surface area contributed by atoms with Crippen molar-refractivity contribution in [1.29, 1.82) is 0 Å². The number of halogens is 1. The van der Waals surface area contributed by atoms with Crippen molar-refractivity contribution >= 4 is 35.0 Å². The lowest BCUT2D eigenvalue weighted by atomic mass is 10.0. The highest BCUT2D eigenvalue weighted by atomic mass is 35.5. The van der Waals surface area contributed by atoms with Crippen LogP contribution in [0.5, 0.6) is 0 Å². The lowest BCUT2D eigenvalue weighted by molar-refractivity contribution is -0.116. The average Bonchev–Trinajstić information content (AvgIpc) is 2.74. The second kappa shape index (κ2) is 6.54. The van der Waals surface area contributed by atoms with Crippen molar-refractivity contribution in [2.45, 2.75) is 17.4 Å². The van der Waals surface area contributed by atoms with Crippen molar-refractivity contribution in [1.82, 2.24) is 0 Å².